The molecular formula is C20H26N4O3S. The molecule has 28 heavy (non-hydrogen) atoms. The predicted molar refractivity (Wildman–Crippen MR) is 109 cm³/mol. The molecule has 3 rings (SSSR count). The zero-order valence-electron chi connectivity index (χ0n) is 16.1. The van der Waals surface area contributed by atoms with Crippen LogP contribution in [-0.4, -0.2) is 52.0 Å². The monoisotopic (exact) mass is 402 g/mol. The molecule has 7 nitrogen and oxygen atoms in total. The van der Waals surface area contributed by atoms with Crippen LogP contribution < -0.4 is 11.1 Å². The summed E-state index contributed by atoms with van der Waals surface area (Å²) < 4.78 is 0. The summed E-state index contributed by atoms with van der Waals surface area (Å²) in [7, 11) is 0. The number of aromatic nitrogens is 1. The van der Waals surface area contributed by atoms with Crippen molar-refractivity contribution in [3.63, 3.8) is 0 Å². The number of aryl methyl sites for hydroxylation is 1. The van der Waals surface area contributed by atoms with Crippen LogP contribution >= 0.6 is 11.3 Å². The van der Waals surface area contributed by atoms with Gasteiger partial charge in [0.25, 0.3) is 0 Å². The standard InChI is InChI=1S/C20H26N4O3S/c1-12(21)20(27)24-9-3-4-17(24)19(26)23-16(10-25)14-5-7-15(8-6-14)18-13(2)22-11-28-18/h5-8,11-12,16-17,25H,3-4,9-10,21H2,1-2H3,(H,23,26)/t12-,16-,17-/m0/s1. The molecule has 0 saturated carbocycles. The molecule has 2 aromatic rings. The van der Waals surface area contributed by atoms with Crippen LogP contribution in [-0.2, 0) is 9.59 Å². The number of aliphatic hydroxyl groups excluding tert-OH is 1. The molecule has 1 aromatic heterocycles. The summed E-state index contributed by atoms with van der Waals surface area (Å²) in [5, 5.41) is 12.7. The lowest BCUT2D eigenvalue weighted by atomic mass is 10.0. The molecule has 0 bridgehead atoms. The largest absolute Gasteiger partial charge is 0.394 e. The molecule has 1 aromatic carbocycles. The van der Waals surface area contributed by atoms with Crippen molar-refractivity contribution in [1.82, 2.24) is 15.2 Å². The Kier molecular flexibility index (Phi) is 6.43. The van der Waals surface area contributed by atoms with Gasteiger partial charge >= 0.3 is 0 Å². The van der Waals surface area contributed by atoms with Crippen molar-refractivity contribution < 1.29 is 14.7 Å². The zero-order chi connectivity index (χ0) is 20.3. The van der Waals surface area contributed by atoms with E-state index in [0.29, 0.717) is 13.0 Å². The number of carbonyl (C=O) groups excluding carboxylic acids is 2. The average molecular weight is 403 g/mol. The Morgan fingerprint density at radius 2 is 2.11 bits per heavy atom. The highest BCUT2D eigenvalue weighted by Crippen LogP contribution is 2.28. The number of amides is 2. The minimum absolute atomic E-state index is 0.220. The van der Waals surface area contributed by atoms with Crippen LogP contribution in [0.5, 0.6) is 0 Å². The fraction of sp³-hybridized carbons (Fsp3) is 0.450. The molecule has 0 radical (unpaired) electrons. The normalized spacial score (nSPS) is 18.7. The summed E-state index contributed by atoms with van der Waals surface area (Å²) in [5.74, 6) is -0.476. The summed E-state index contributed by atoms with van der Waals surface area (Å²) in [5.41, 5.74) is 10.3. The number of thiazole rings is 1. The van der Waals surface area contributed by atoms with E-state index in [-0.39, 0.29) is 18.4 Å². The Morgan fingerprint density at radius 1 is 1.39 bits per heavy atom. The maximum atomic E-state index is 12.8. The van der Waals surface area contributed by atoms with Gasteiger partial charge in [-0.25, -0.2) is 4.98 Å². The van der Waals surface area contributed by atoms with E-state index in [4.69, 9.17) is 5.73 Å². The summed E-state index contributed by atoms with van der Waals surface area (Å²) in [6, 6.07) is 6.02. The van der Waals surface area contributed by atoms with Gasteiger partial charge in [0.15, 0.2) is 0 Å². The Morgan fingerprint density at radius 3 is 2.68 bits per heavy atom. The number of rotatable bonds is 6. The van der Waals surface area contributed by atoms with E-state index in [1.165, 1.54) is 0 Å². The third-order valence-corrected chi connectivity index (χ3v) is 6.03. The highest BCUT2D eigenvalue weighted by molar-refractivity contribution is 7.13. The van der Waals surface area contributed by atoms with Gasteiger partial charge in [-0.15, -0.1) is 11.3 Å². The van der Waals surface area contributed by atoms with Crippen molar-refractivity contribution in [2.75, 3.05) is 13.2 Å². The van der Waals surface area contributed by atoms with Gasteiger partial charge in [0, 0.05) is 6.54 Å². The van der Waals surface area contributed by atoms with Crippen LogP contribution in [0.3, 0.4) is 0 Å². The van der Waals surface area contributed by atoms with E-state index in [0.717, 1.165) is 28.1 Å². The number of likely N-dealkylation sites (tertiary alicyclic amines) is 1. The lowest BCUT2D eigenvalue weighted by Crippen LogP contribution is -2.51. The number of nitrogens with two attached hydrogens (primary N) is 1. The third kappa shape index (κ3) is 4.24. The van der Waals surface area contributed by atoms with Gasteiger partial charge in [-0.05, 0) is 37.8 Å². The molecule has 1 fully saturated rings. The van der Waals surface area contributed by atoms with E-state index >= 15 is 0 Å². The minimum Gasteiger partial charge on any atom is -0.394 e. The molecular weight excluding hydrogens is 376 g/mol. The second kappa shape index (κ2) is 8.81. The van der Waals surface area contributed by atoms with Crippen LogP contribution in [0.4, 0.5) is 0 Å². The smallest absolute Gasteiger partial charge is 0.243 e. The summed E-state index contributed by atoms with van der Waals surface area (Å²) in [4.78, 5) is 31.9. The van der Waals surface area contributed by atoms with E-state index in [9.17, 15) is 14.7 Å². The van der Waals surface area contributed by atoms with Gasteiger partial charge in [0.05, 0.1) is 34.8 Å². The maximum Gasteiger partial charge on any atom is 0.243 e. The van der Waals surface area contributed by atoms with E-state index < -0.39 is 18.1 Å². The second-order valence-electron chi connectivity index (χ2n) is 7.11. The first-order chi connectivity index (χ1) is 13.4. The SMILES string of the molecule is Cc1ncsc1-c1ccc([C@H](CO)NC(=O)[C@@H]2CCCN2C(=O)[C@H](C)N)cc1. The number of benzene rings is 1. The van der Waals surface area contributed by atoms with Crippen LogP contribution in [0, 0.1) is 6.92 Å². The molecule has 4 N–H and O–H groups in total. The lowest BCUT2D eigenvalue weighted by molar-refractivity contribution is -0.139. The first kappa shape index (κ1) is 20.4. The van der Waals surface area contributed by atoms with Crippen molar-refractivity contribution >= 4 is 23.2 Å². The second-order valence-corrected chi connectivity index (χ2v) is 7.97. The van der Waals surface area contributed by atoms with Gasteiger partial charge in [0.1, 0.15) is 6.04 Å². The van der Waals surface area contributed by atoms with Crippen LogP contribution in [0.15, 0.2) is 29.8 Å². The number of nitrogens with one attached hydrogen (secondary N) is 1. The first-order valence-corrected chi connectivity index (χ1v) is 10.3. The quantitative estimate of drug-likeness (QED) is 0.680. The molecule has 0 spiro atoms. The van der Waals surface area contributed by atoms with Crippen molar-refractivity contribution in [1.29, 1.82) is 0 Å². The van der Waals surface area contributed by atoms with Gasteiger partial charge in [0.2, 0.25) is 11.8 Å². The molecule has 0 aliphatic carbocycles. The zero-order valence-corrected chi connectivity index (χ0v) is 16.9. The van der Waals surface area contributed by atoms with Crippen molar-refractivity contribution in [3.8, 4) is 10.4 Å². The molecule has 3 atom stereocenters. The van der Waals surface area contributed by atoms with Crippen molar-refractivity contribution in [2.45, 2.75) is 44.8 Å². The maximum absolute atomic E-state index is 12.8. The van der Waals surface area contributed by atoms with Gasteiger partial charge in [-0.1, -0.05) is 24.3 Å². The fourth-order valence-electron chi connectivity index (χ4n) is 3.51. The molecule has 1 aliphatic rings. The topological polar surface area (TPSA) is 109 Å². The lowest BCUT2D eigenvalue weighted by Gasteiger charge is -2.27. The molecule has 1 saturated heterocycles. The van der Waals surface area contributed by atoms with Crippen LogP contribution in [0.2, 0.25) is 0 Å². The Labute approximate surface area is 168 Å². The highest BCUT2D eigenvalue weighted by Gasteiger charge is 2.35. The number of carbonyl (C=O) groups is 2. The van der Waals surface area contributed by atoms with E-state index in [1.807, 2.05) is 36.7 Å². The average Bonchev–Trinajstić information content (AvgIpc) is 3.34. The molecule has 150 valence electrons. The first-order valence-electron chi connectivity index (χ1n) is 9.40. The van der Waals surface area contributed by atoms with Crippen molar-refractivity contribution in [2.24, 2.45) is 5.73 Å². The fourth-order valence-corrected chi connectivity index (χ4v) is 4.32. The number of aliphatic hydroxyl groups is 1. The molecule has 8 heteroatoms. The Bertz CT molecular complexity index is 834. The summed E-state index contributed by atoms with van der Waals surface area (Å²) in [6.07, 6.45) is 1.37. The molecule has 1 aliphatic heterocycles. The Balaban J connectivity index is 1.71. The highest BCUT2D eigenvalue weighted by atomic mass is 32.1. The number of hydrogen-bond donors (Lipinski definition) is 3. The Hall–Kier alpha value is -2.29. The third-order valence-electron chi connectivity index (χ3n) is 5.05. The molecule has 2 amide bonds. The number of hydrogen-bond acceptors (Lipinski definition) is 6. The van der Waals surface area contributed by atoms with Gasteiger partial charge in [-0.3, -0.25) is 9.59 Å². The van der Waals surface area contributed by atoms with Crippen LogP contribution in [0.25, 0.3) is 10.4 Å². The van der Waals surface area contributed by atoms with Crippen molar-refractivity contribution in [3.05, 3.63) is 41.0 Å². The summed E-state index contributed by atoms with van der Waals surface area (Å²) >= 11 is 1.58. The predicted octanol–water partition coefficient (Wildman–Crippen LogP) is 1.61. The van der Waals surface area contributed by atoms with Gasteiger partial charge < -0.3 is 21.1 Å². The minimum atomic E-state index is -0.634. The van der Waals surface area contributed by atoms with Gasteiger partial charge in [-0.2, -0.15) is 0 Å². The van der Waals surface area contributed by atoms with E-state index in [2.05, 4.69) is 10.3 Å². The van der Waals surface area contributed by atoms with E-state index in [1.54, 1.807) is 23.2 Å². The molecule has 0 unspecified atom stereocenters. The number of nitrogens with zero attached hydrogens (tertiary/aromatic N) is 2. The van der Waals surface area contributed by atoms with Crippen LogP contribution in [0.1, 0.15) is 37.1 Å². The molecule has 2 heterocycles. The summed E-state index contributed by atoms with van der Waals surface area (Å²) in [6.45, 7) is 3.90.